The summed E-state index contributed by atoms with van der Waals surface area (Å²) in [7, 11) is 0. The van der Waals surface area contributed by atoms with Gasteiger partial charge in [0.2, 0.25) is 0 Å². The maximum atomic E-state index is 11.1. The molecule has 0 aromatic carbocycles. The van der Waals surface area contributed by atoms with Crippen LogP contribution in [0.2, 0.25) is 0 Å². The molecule has 2 atom stereocenters. The Morgan fingerprint density at radius 1 is 1.50 bits per heavy atom. The number of aliphatic carboxylic acids is 1. The van der Waals surface area contributed by atoms with Gasteiger partial charge in [0.05, 0.1) is 11.6 Å². The van der Waals surface area contributed by atoms with Gasteiger partial charge in [0, 0.05) is 32.0 Å². The van der Waals surface area contributed by atoms with E-state index in [1.54, 1.807) is 0 Å². The molecule has 0 radical (unpaired) electrons. The third kappa shape index (κ3) is 2.29. The number of nitrogens with zero attached hydrogens (tertiary/aromatic N) is 3. The second-order valence-electron chi connectivity index (χ2n) is 5.77. The van der Waals surface area contributed by atoms with E-state index in [0.29, 0.717) is 6.54 Å². The standard InChI is InChI=1S/C15H19N3O2/c1-10-4-3-5-18-8-12(16-14(10)18)7-17-6-11(2)13(9-17)15(19)20/h3-5,8,11,13H,6-7,9H2,1-2H3,(H,19,20). The zero-order chi connectivity index (χ0) is 14.3. The number of carboxylic acids is 1. The highest BCUT2D eigenvalue weighted by molar-refractivity contribution is 5.71. The van der Waals surface area contributed by atoms with E-state index in [1.807, 2.05) is 42.8 Å². The Morgan fingerprint density at radius 2 is 2.30 bits per heavy atom. The Morgan fingerprint density at radius 3 is 2.95 bits per heavy atom. The van der Waals surface area contributed by atoms with Crippen molar-refractivity contribution >= 4 is 11.6 Å². The van der Waals surface area contributed by atoms with Crippen molar-refractivity contribution in [3.63, 3.8) is 0 Å². The largest absolute Gasteiger partial charge is 0.481 e. The highest BCUT2D eigenvalue weighted by Gasteiger charge is 2.34. The molecule has 3 heterocycles. The van der Waals surface area contributed by atoms with Crippen molar-refractivity contribution in [1.29, 1.82) is 0 Å². The number of hydrogen-bond acceptors (Lipinski definition) is 3. The minimum atomic E-state index is -0.689. The molecule has 1 saturated heterocycles. The van der Waals surface area contributed by atoms with Crippen molar-refractivity contribution in [1.82, 2.24) is 14.3 Å². The van der Waals surface area contributed by atoms with Crippen LogP contribution in [0.15, 0.2) is 24.5 Å². The van der Waals surface area contributed by atoms with Crippen LogP contribution in [0.1, 0.15) is 18.2 Å². The van der Waals surface area contributed by atoms with E-state index < -0.39 is 5.97 Å². The first-order valence-corrected chi connectivity index (χ1v) is 6.93. The Bertz CT molecular complexity index is 650. The Labute approximate surface area is 117 Å². The van der Waals surface area contributed by atoms with Crippen molar-refractivity contribution in [2.45, 2.75) is 20.4 Å². The fourth-order valence-corrected chi connectivity index (χ4v) is 3.03. The number of carbonyl (C=O) groups is 1. The molecule has 0 saturated carbocycles. The quantitative estimate of drug-likeness (QED) is 0.926. The Hall–Kier alpha value is -1.88. The third-order valence-corrected chi connectivity index (χ3v) is 4.12. The molecule has 5 heteroatoms. The van der Waals surface area contributed by atoms with Crippen LogP contribution in [0.4, 0.5) is 0 Å². The first kappa shape index (κ1) is 13.1. The minimum Gasteiger partial charge on any atom is -0.481 e. The van der Waals surface area contributed by atoms with Crippen LogP contribution in [0.3, 0.4) is 0 Å². The van der Waals surface area contributed by atoms with E-state index in [9.17, 15) is 9.90 Å². The number of carboxylic acid groups (broad SMARTS) is 1. The highest BCUT2D eigenvalue weighted by Crippen LogP contribution is 2.24. The summed E-state index contributed by atoms with van der Waals surface area (Å²) in [6.07, 6.45) is 4.02. The molecular formula is C15H19N3O2. The highest BCUT2D eigenvalue weighted by atomic mass is 16.4. The molecule has 0 spiro atoms. The van der Waals surface area contributed by atoms with Crippen LogP contribution in [0, 0.1) is 18.8 Å². The maximum Gasteiger partial charge on any atom is 0.308 e. The fourth-order valence-electron chi connectivity index (χ4n) is 3.03. The zero-order valence-corrected chi connectivity index (χ0v) is 11.8. The van der Waals surface area contributed by atoms with Crippen LogP contribution in [-0.4, -0.2) is 38.4 Å². The topological polar surface area (TPSA) is 57.8 Å². The molecule has 5 nitrogen and oxygen atoms in total. The minimum absolute atomic E-state index is 0.200. The van der Waals surface area contributed by atoms with Crippen molar-refractivity contribution < 1.29 is 9.90 Å². The lowest BCUT2D eigenvalue weighted by molar-refractivity contribution is -0.142. The lowest BCUT2D eigenvalue weighted by Gasteiger charge is -2.12. The number of imidazole rings is 1. The van der Waals surface area contributed by atoms with Crippen LogP contribution in [0.25, 0.3) is 5.65 Å². The summed E-state index contributed by atoms with van der Waals surface area (Å²) >= 11 is 0. The molecule has 1 aliphatic heterocycles. The number of likely N-dealkylation sites (tertiary alicyclic amines) is 1. The smallest absolute Gasteiger partial charge is 0.308 e. The fraction of sp³-hybridized carbons (Fsp3) is 0.467. The number of pyridine rings is 1. The normalized spacial score (nSPS) is 23.5. The summed E-state index contributed by atoms with van der Waals surface area (Å²) in [6, 6.07) is 4.05. The summed E-state index contributed by atoms with van der Waals surface area (Å²) in [6.45, 7) is 6.21. The summed E-state index contributed by atoms with van der Waals surface area (Å²) in [4.78, 5) is 18.0. The van der Waals surface area contributed by atoms with E-state index in [4.69, 9.17) is 0 Å². The van der Waals surface area contributed by atoms with Gasteiger partial charge in [0.25, 0.3) is 0 Å². The number of fused-ring (bicyclic) bond motifs is 1. The Kier molecular flexibility index (Phi) is 3.22. The molecule has 3 rings (SSSR count). The van der Waals surface area contributed by atoms with Gasteiger partial charge in [-0.2, -0.15) is 0 Å². The van der Waals surface area contributed by atoms with Crippen molar-refractivity contribution in [2.24, 2.45) is 11.8 Å². The van der Waals surface area contributed by atoms with Gasteiger partial charge in [-0.05, 0) is 24.5 Å². The molecule has 20 heavy (non-hydrogen) atoms. The molecule has 0 bridgehead atoms. The first-order chi connectivity index (χ1) is 9.54. The van der Waals surface area contributed by atoms with Gasteiger partial charge in [0.1, 0.15) is 5.65 Å². The maximum absolute atomic E-state index is 11.1. The predicted molar refractivity (Wildman–Crippen MR) is 75.5 cm³/mol. The third-order valence-electron chi connectivity index (χ3n) is 4.12. The number of hydrogen-bond donors (Lipinski definition) is 1. The average Bonchev–Trinajstić information content (AvgIpc) is 2.94. The predicted octanol–water partition coefficient (Wildman–Crippen LogP) is 1.80. The molecule has 2 aromatic heterocycles. The second kappa shape index (κ2) is 4.90. The van der Waals surface area contributed by atoms with Crippen LogP contribution >= 0.6 is 0 Å². The van der Waals surface area contributed by atoms with Gasteiger partial charge >= 0.3 is 5.97 Å². The van der Waals surface area contributed by atoms with Gasteiger partial charge in [-0.1, -0.05) is 13.0 Å². The first-order valence-electron chi connectivity index (χ1n) is 6.93. The van der Waals surface area contributed by atoms with Crippen molar-refractivity contribution in [2.75, 3.05) is 13.1 Å². The average molecular weight is 273 g/mol. The lowest BCUT2D eigenvalue weighted by Crippen LogP contribution is -2.23. The Balaban J connectivity index is 1.77. The van der Waals surface area contributed by atoms with Gasteiger partial charge in [-0.25, -0.2) is 4.98 Å². The van der Waals surface area contributed by atoms with Gasteiger partial charge in [-0.15, -0.1) is 0 Å². The summed E-state index contributed by atoms with van der Waals surface area (Å²) in [5, 5.41) is 9.17. The molecule has 2 aromatic rings. The molecule has 0 aliphatic carbocycles. The van der Waals surface area contributed by atoms with E-state index in [2.05, 4.69) is 9.88 Å². The molecule has 2 unspecified atom stereocenters. The van der Waals surface area contributed by atoms with Crippen molar-refractivity contribution in [3.8, 4) is 0 Å². The van der Waals surface area contributed by atoms with Crippen LogP contribution < -0.4 is 0 Å². The van der Waals surface area contributed by atoms with E-state index in [0.717, 1.165) is 30.0 Å². The monoisotopic (exact) mass is 273 g/mol. The number of aryl methyl sites for hydroxylation is 1. The summed E-state index contributed by atoms with van der Waals surface area (Å²) in [5.74, 6) is -0.745. The summed E-state index contributed by atoms with van der Waals surface area (Å²) < 4.78 is 2.03. The summed E-state index contributed by atoms with van der Waals surface area (Å²) in [5.41, 5.74) is 3.12. The molecule has 1 N–H and O–H groups in total. The van der Waals surface area contributed by atoms with Crippen LogP contribution in [-0.2, 0) is 11.3 Å². The molecule has 106 valence electrons. The molecule has 1 fully saturated rings. The van der Waals surface area contributed by atoms with Crippen molar-refractivity contribution in [3.05, 3.63) is 35.8 Å². The lowest BCUT2D eigenvalue weighted by atomic mass is 9.99. The zero-order valence-electron chi connectivity index (χ0n) is 11.8. The molecule has 1 aliphatic rings. The molecule has 0 amide bonds. The van der Waals surface area contributed by atoms with E-state index >= 15 is 0 Å². The number of aromatic nitrogens is 2. The van der Waals surface area contributed by atoms with E-state index in [-0.39, 0.29) is 11.8 Å². The SMILES string of the molecule is Cc1cccn2cc(CN3CC(C)C(C(=O)O)C3)nc12. The van der Waals surface area contributed by atoms with Gasteiger partial charge in [0.15, 0.2) is 0 Å². The van der Waals surface area contributed by atoms with Crippen LogP contribution in [0.5, 0.6) is 0 Å². The molecular weight excluding hydrogens is 254 g/mol. The second-order valence-corrected chi connectivity index (χ2v) is 5.77. The van der Waals surface area contributed by atoms with Gasteiger partial charge in [-0.3, -0.25) is 9.69 Å². The number of rotatable bonds is 3. The van der Waals surface area contributed by atoms with Gasteiger partial charge < -0.3 is 9.51 Å². The van der Waals surface area contributed by atoms with E-state index in [1.165, 1.54) is 0 Å².